The molecule has 0 aromatic heterocycles. The minimum atomic E-state index is -0.528. The molecule has 0 aliphatic rings. The van der Waals surface area contributed by atoms with E-state index >= 15 is 0 Å². The van der Waals surface area contributed by atoms with Crippen LogP contribution in [0.15, 0.2) is 76.3 Å². The van der Waals surface area contributed by atoms with Gasteiger partial charge in [0.25, 0.3) is 5.91 Å². The Balaban J connectivity index is 1.53. The summed E-state index contributed by atoms with van der Waals surface area (Å²) < 4.78 is 22.8. The number of ether oxygens (including phenoxy) is 4. The van der Waals surface area contributed by atoms with Crippen molar-refractivity contribution in [3.05, 3.63) is 82.3 Å². The predicted molar refractivity (Wildman–Crippen MR) is 145 cm³/mol. The summed E-state index contributed by atoms with van der Waals surface area (Å²) in [5, 5.41) is 3.97. The third-order valence-electron chi connectivity index (χ3n) is 4.93. The van der Waals surface area contributed by atoms with E-state index in [1.54, 1.807) is 66.7 Å². The van der Waals surface area contributed by atoms with Crippen LogP contribution in [0, 0.1) is 0 Å². The van der Waals surface area contributed by atoms with E-state index < -0.39 is 11.9 Å². The summed E-state index contributed by atoms with van der Waals surface area (Å²) in [5.41, 5.74) is 3.28. The van der Waals surface area contributed by atoms with Crippen LogP contribution in [0.4, 0.5) is 0 Å². The standard InChI is InChI=1S/C28H29BrN2O6/c1-3-5-16-35-24-11-13-25(14-12-24)36-19-27(32)31-30-18-21-17-22(29)8-15-26(21)37-28(33)20-6-9-23(10-7-20)34-4-2/h6-15,17-18H,3-5,16,19H2,1-2H3,(H,31,32)/b30-18+. The first-order valence-electron chi connectivity index (χ1n) is 11.9. The number of esters is 1. The van der Waals surface area contributed by atoms with Gasteiger partial charge >= 0.3 is 5.97 Å². The lowest BCUT2D eigenvalue weighted by atomic mass is 10.2. The van der Waals surface area contributed by atoms with Crippen molar-refractivity contribution < 1.29 is 28.5 Å². The molecule has 0 heterocycles. The Morgan fingerprint density at radius 3 is 2.22 bits per heavy atom. The van der Waals surface area contributed by atoms with E-state index in [1.807, 2.05) is 6.92 Å². The van der Waals surface area contributed by atoms with E-state index in [-0.39, 0.29) is 12.4 Å². The highest BCUT2D eigenvalue weighted by atomic mass is 79.9. The van der Waals surface area contributed by atoms with Gasteiger partial charge in [-0.25, -0.2) is 10.2 Å². The minimum Gasteiger partial charge on any atom is -0.494 e. The first-order valence-corrected chi connectivity index (χ1v) is 12.7. The number of carbonyl (C=O) groups excluding carboxylic acids is 2. The van der Waals surface area contributed by atoms with Gasteiger partial charge in [0.05, 0.1) is 25.0 Å². The topological polar surface area (TPSA) is 95.5 Å². The van der Waals surface area contributed by atoms with E-state index in [2.05, 4.69) is 33.4 Å². The lowest BCUT2D eigenvalue weighted by Crippen LogP contribution is -2.24. The number of nitrogens with one attached hydrogen (secondary N) is 1. The molecule has 9 heteroatoms. The summed E-state index contributed by atoms with van der Waals surface area (Å²) in [5.74, 6) is 1.28. The highest BCUT2D eigenvalue weighted by Crippen LogP contribution is 2.23. The van der Waals surface area contributed by atoms with E-state index in [0.717, 1.165) is 23.1 Å². The molecular formula is C28H29BrN2O6. The van der Waals surface area contributed by atoms with Crippen molar-refractivity contribution in [1.29, 1.82) is 0 Å². The van der Waals surface area contributed by atoms with Gasteiger partial charge in [-0.1, -0.05) is 29.3 Å². The van der Waals surface area contributed by atoms with Crippen molar-refractivity contribution >= 4 is 34.0 Å². The molecule has 194 valence electrons. The molecule has 0 atom stereocenters. The average molecular weight is 569 g/mol. The van der Waals surface area contributed by atoms with Crippen LogP contribution < -0.4 is 24.4 Å². The fourth-order valence-electron chi connectivity index (χ4n) is 3.05. The first kappa shape index (κ1) is 27.7. The van der Waals surface area contributed by atoms with Crippen LogP contribution in [0.1, 0.15) is 42.6 Å². The lowest BCUT2D eigenvalue weighted by molar-refractivity contribution is -0.123. The third-order valence-corrected chi connectivity index (χ3v) is 5.42. The van der Waals surface area contributed by atoms with Crippen LogP contribution in [0.25, 0.3) is 0 Å². The average Bonchev–Trinajstić information content (AvgIpc) is 2.90. The Labute approximate surface area is 224 Å². The number of hydrogen-bond donors (Lipinski definition) is 1. The number of carbonyl (C=O) groups is 2. The number of hydrogen-bond acceptors (Lipinski definition) is 7. The summed E-state index contributed by atoms with van der Waals surface area (Å²) >= 11 is 3.39. The molecule has 0 aliphatic heterocycles. The summed E-state index contributed by atoms with van der Waals surface area (Å²) in [6, 6.07) is 18.8. The van der Waals surface area contributed by atoms with Crippen LogP contribution in [-0.4, -0.2) is 37.9 Å². The molecule has 0 saturated heterocycles. The summed E-state index contributed by atoms with van der Waals surface area (Å²) in [7, 11) is 0. The smallest absolute Gasteiger partial charge is 0.343 e. The monoisotopic (exact) mass is 568 g/mol. The van der Waals surface area contributed by atoms with Crippen molar-refractivity contribution in [3.8, 4) is 23.0 Å². The van der Waals surface area contributed by atoms with Crippen molar-refractivity contribution in [2.24, 2.45) is 5.10 Å². The van der Waals surface area contributed by atoms with Gasteiger partial charge in [-0.05, 0) is 80.1 Å². The van der Waals surface area contributed by atoms with Crippen LogP contribution in [0.3, 0.4) is 0 Å². The van der Waals surface area contributed by atoms with Crippen molar-refractivity contribution in [3.63, 3.8) is 0 Å². The first-order chi connectivity index (χ1) is 18.0. The van der Waals surface area contributed by atoms with Gasteiger partial charge in [0.15, 0.2) is 6.61 Å². The van der Waals surface area contributed by atoms with Gasteiger partial charge in [0.1, 0.15) is 23.0 Å². The lowest BCUT2D eigenvalue weighted by Gasteiger charge is -2.09. The highest BCUT2D eigenvalue weighted by molar-refractivity contribution is 9.10. The minimum absolute atomic E-state index is 0.217. The van der Waals surface area contributed by atoms with Gasteiger partial charge < -0.3 is 18.9 Å². The highest BCUT2D eigenvalue weighted by Gasteiger charge is 2.12. The van der Waals surface area contributed by atoms with Crippen LogP contribution in [0.5, 0.6) is 23.0 Å². The molecule has 0 bridgehead atoms. The number of benzene rings is 3. The molecule has 1 N–H and O–H groups in total. The van der Waals surface area contributed by atoms with Gasteiger partial charge in [-0.3, -0.25) is 4.79 Å². The number of halogens is 1. The van der Waals surface area contributed by atoms with Crippen molar-refractivity contribution in [1.82, 2.24) is 5.43 Å². The van der Waals surface area contributed by atoms with Crippen molar-refractivity contribution in [2.75, 3.05) is 19.8 Å². The summed E-state index contributed by atoms with van der Waals surface area (Å²) in [4.78, 5) is 24.8. The second-order valence-corrected chi connectivity index (χ2v) is 8.70. The molecular weight excluding hydrogens is 540 g/mol. The maximum atomic E-state index is 12.6. The largest absolute Gasteiger partial charge is 0.494 e. The predicted octanol–water partition coefficient (Wildman–Crippen LogP) is 5.78. The molecule has 1 amide bonds. The summed E-state index contributed by atoms with van der Waals surface area (Å²) in [6.07, 6.45) is 3.45. The Morgan fingerprint density at radius 1 is 0.892 bits per heavy atom. The molecule has 3 aromatic carbocycles. The van der Waals surface area contributed by atoms with E-state index in [9.17, 15) is 9.59 Å². The zero-order valence-corrected chi connectivity index (χ0v) is 22.3. The van der Waals surface area contributed by atoms with E-state index in [4.69, 9.17) is 18.9 Å². The molecule has 0 aliphatic carbocycles. The van der Waals surface area contributed by atoms with E-state index in [0.29, 0.717) is 35.8 Å². The Kier molecular flexibility index (Phi) is 11.0. The zero-order chi connectivity index (χ0) is 26.5. The second-order valence-electron chi connectivity index (χ2n) is 7.78. The molecule has 0 spiro atoms. The quantitative estimate of drug-likeness (QED) is 0.0923. The van der Waals surface area contributed by atoms with Crippen LogP contribution >= 0.6 is 15.9 Å². The van der Waals surface area contributed by atoms with Crippen molar-refractivity contribution in [2.45, 2.75) is 26.7 Å². The number of hydrazone groups is 1. The zero-order valence-electron chi connectivity index (χ0n) is 20.7. The fraction of sp³-hybridized carbons (Fsp3) is 0.250. The SMILES string of the molecule is CCCCOc1ccc(OCC(=O)N/N=C/c2cc(Br)ccc2OC(=O)c2ccc(OCC)cc2)cc1. The molecule has 0 fully saturated rings. The Hall–Kier alpha value is -3.85. The van der Waals surface area contributed by atoms with Gasteiger partial charge in [-0.2, -0.15) is 5.10 Å². The number of amides is 1. The second kappa shape index (κ2) is 14.6. The Bertz CT molecular complexity index is 1200. The molecule has 0 saturated carbocycles. The van der Waals surface area contributed by atoms with E-state index in [1.165, 1.54) is 6.21 Å². The molecule has 37 heavy (non-hydrogen) atoms. The fourth-order valence-corrected chi connectivity index (χ4v) is 3.43. The normalized spacial score (nSPS) is 10.7. The van der Waals surface area contributed by atoms with Gasteiger partial charge in [-0.15, -0.1) is 0 Å². The third kappa shape index (κ3) is 9.27. The number of unbranched alkanes of at least 4 members (excludes halogenated alkanes) is 1. The molecule has 8 nitrogen and oxygen atoms in total. The molecule has 0 radical (unpaired) electrons. The maximum Gasteiger partial charge on any atom is 0.343 e. The van der Waals surface area contributed by atoms with Gasteiger partial charge in [0.2, 0.25) is 0 Å². The number of rotatable bonds is 13. The molecule has 3 rings (SSSR count). The molecule has 3 aromatic rings. The van der Waals surface area contributed by atoms with Gasteiger partial charge in [0, 0.05) is 10.0 Å². The van der Waals surface area contributed by atoms with Crippen LogP contribution in [0.2, 0.25) is 0 Å². The summed E-state index contributed by atoms with van der Waals surface area (Å²) in [6.45, 7) is 4.98. The Morgan fingerprint density at radius 2 is 1.54 bits per heavy atom. The maximum absolute atomic E-state index is 12.6. The molecule has 0 unspecified atom stereocenters. The number of nitrogens with zero attached hydrogens (tertiary/aromatic N) is 1. The van der Waals surface area contributed by atoms with Crippen LogP contribution in [-0.2, 0) is 4.79 Å².